The molecule has 0 aliphatic heterocycles. The first-order valence-corrected chi connectivity index (χ1v) is 5.58. The maximum absolute atomic E-state index is 12.9. The zero-order valence-corrected chi connectivity index (χ0v) is 10.8. The molecule has 0 bridgehead atoms. The summed E-state index contributed by atoms with van der Waals surface area (Å²) in [4.78, 5) is 3.54. The lowest BCUT2D eigenvalue weighted by Gasteiger charge is -2.34. The van der Waals surface area contributed by atoms with Gasteiger partial charge in [-0.05, 0) is 31.7 Å². The average Bonchev–Trinajstić information content (AvgIpc) is 1.96. The minimum Gasteiger partial charge on any atom is -0.380 e. The largest absolute Gasteiger partial charge is 0.380 e. The van der Waals surface area contributed by atoms with Crippen molar-refractivity contribution in [1.82, 2.24) is 4.98 Å². The highest BCUT2D eigenvalue weighted by atomic mass is 19.1. The van der Waals surface area contributed by atoms with E-state index in [0.29, 0.717) is 0 Å². The Kier molecular flexibility index (Phi) is 3.56. The molecular weight excluding hydrogens is 203 g/mol. The van der Waals surface area contributed by atoms with Gasteiger partial charge in [-0.3, -0.25) is 0 Å². The van der Waals surface area contributed by atoms with Crippen LogP contribution in [0.4, 0.5) is 10.1 Å². The van der Waals surface area contributed by atoms with Crippen molar-refractivity contribution in [2.75, 3.05) is 5.32 Å². The molecule has 0 fully saturated rings. The topological polar surface area (TPSA) is 24.9 Å². The molecule has 0 aliphatic rings. The van der Waals surface area contributed by atoms with Gasteiger partial charge in [0.15, 0.2) is 0 Å². The first kappa shape index (κ1) is 12.9. The van der Waals surface area contributed by atoms with E-state index in [9.17, 15) is 4.39 Å². The number of hydrogen-bond donors (Lipinski definition) is 1. The van der Waals surface area contributed by atoms with E-state index in [2.05, 4.69) is 44.9 Å². The maximum atomic E-state index is 12.9. The van der Waals surface area contributed by atoms with Gasteiger partial charge in [0.05, 0.1) is 0 Å². The molecule has 0 saturated heterocycles. The monoisotopic (exact) mass is 224 g/mol. The molecule has 0 aromatic carbocycles. The van der Waals surface area contributed by atoms with Crippen molar-refractivity contribution < 1.29 is 4.39 Å². The highest BCUT2D eigenvalue weighted by Crippen LogP contribution is 2.29. The third-order valence-electron chi connectivity index (χ3n) is 2.18. The predicted octanol–water partition coefficient (Wildman–Crippen LogP) is 3.85. The second-order valence-electron chi connectivity index (χ2n) is 6.11. The van der Waals surface area contributed by atoms with Gasteiger partial charge >= 0.3 is 0 Å². The smallest absolute Gasteiger partial charge is 0.214 e. The third kappa shape index (κ3) is 4.60. The normalized spacial score (nSPS) is 12.6. The van der Waals surface area contributed by atoms with E-state index in [1.807, 2.05) is 0 Å². The minimum absolute atomic E-state index is 0.0634. The van der Waals surface area contributed by atoms with Gasteiger partial charge in [0, 0.05) is 23.5 Å². The fourth-order valence-corrected chi connectivity index (χ4v) is 2.24. The molecule has 3 heteroatoms. The molecule has 0 saturated carbocycles. The van der Waals surface area contributed by atoms with E-state index >= 15 is 0 Å². The highest BCUT2D eigenvalue weighted by Gasteiger charge is 2.25. The van der Waals surface area contributed by atoms with Crippen LogP contribution in [0.15, 0.2) is 18.3 Å². The number of nitrogens with zero attached hydrogens (tertiary/aromatic N) is 1. The molecule has 0 atom stereocenters. The van der Waals surface area contributed by atoms with E-state index in [-0.39, 0.29) is 11.0 Å². The summed E-state index contributed by atoms with van der Waals surface area (Å²) in [5.41, 5.74) is 0.954. The van der Waals surface area contributed by atoms with Crippen LogP contribution < -0.4 is 5.32 Å². The van der Waals surface area contributed by atoms with Gasteiger partial charge in [0.2, 0.25) is 5.95 Å². The van der Waals surface area contributed by atoms with Crippen molar-refractivity contribution in [2.45, 2.75) is 46.6 Å². The number of anilines is 1. The first-order valence-electron chi connectivity index (χ1n) is 5.58. The molecule has 0 radical (unpaired) electrons. The van der Waals surface area contributed by atoms with Gasteiger partial charge < -0.3 is 5.32 Å². The summed E-state index contributed by atoms with van der Waals surface area (Å²) >= 11 is 0. The number of rotatable bonds is 3. The van der Waals surface area contributed by atoms with Crippen molar-refractivity contribution in [3.63, 3.8) is 0 Å². The van der Waals surface area contributed by atoms with Gasteiger partial charge in [-0.2, -0.15) is 4.39 Å². The Morgan fingerprint density at radius 1 is 1.25 bits per heavy atom. The van der Waals surface area contributed by atoms with Crippen LogP contribution in [0, 0.1) is 11.4 Å². The van der Waals surface area contributed by atoms with Crippen LogP contribution in [0.25, 0.3) is 0 Å². The number of pyridine rings is 1. The van der Waals surface area contributed by atoms with Crippen molar-refractivity contribution in [3.05, 3.63) is 24.3 Å². The highest BCUT2D eigenvalue weighted by molar-refractivity contribution is 5.43. The van der Waals surface area contributed by atoms with E-state index in [1.54, 1.807) is 6.07 Å². The summed E-state index contributed by atoms with van der Waals surface area (Å²) in [6.07, 6.45) is 2.48. The molecule has 2 nitrogen and oxygen atoms in total. The van der Waals surface area contributed by atoms with Crippen LogP contribution in [-0.4, -0.2) is 10.5 Å². The van der Waals surface area contributed by atoms with Gasteiger partial charge in [-0.15, -0.1) is 0 Å². The Morgan fingerprint density at radius 3 is 2.38 bits per heavy atom. The lowest BCUT2D eigenvalue weighted by Crippen LogP contribution is -2.35. The lowest BCUT2D eigenvalue weighted by molar-refractivity contribution is 0.302. The van der Waals surface area contributed by atoms with Crippen LogP contribution in [0.1, 0.15) is 41.0 Å². The van der Waals surface area contributed by atoms with Gasteiger partial charge in [0.1, 0.15) is 0 Å². The summed E-state index contributed by atoms with van der Waals surface area (Å²) in [5.74, 6) is -0.448. The van der Waals surface area contributed by atoms with Crippen molar-refractivity contribution in [2.24, 2.45) is 5.41 Å². The van der Waals surface area contributed by atoms with Crippen molar-refractivity contribution in [1.29, 1.82) is 0 Å². The average molecular weight is 224 g/mol. The molecule has 1 rings (SSSR count). The van der Waals surface area contributed by atoms with E-state index < -0.39 is 5.95 Å². The van der Waals surface area contributed by atoms with Crippen molar-refractivity contribution >= 4 is 5.69 Å². The fourth-order valence-electron chi connectivity index (χ4n) is 2.24. The second kappa shape index (κ2) is 4.40. The third-order valence-corrected chi connectivity index (χ3v) is 2.18. The molecule has 90 valence electrons. The quantitative estimate of drug-likeness (QED) is 0.789. The summed E-state index contributed by atoms with van der Waals surface area (Å²) in [6.45, 7) is 10.8. The lowest BCUT2D eigenvalue weighted by atomic mass is 9.81. The van der Waals surface area contributed by atoms with E-state index in [1.165, 1.54) is 12.3 Å². The molecule has 1 aromatic heterocycles. The maximum Gasteiger partial charge on any atom is 0.214 e. The summed E-state index contributed by atoms with van der Waals surface area (Å²) in [5, 5.41) is 3.34. The molecule has 1 heterocycles. The van der Waals surface area contributed by atoms with Gasteiger partial charge in [-0.1, -0.05) is 20.8 Å². The Morgan fingerprint density at radius 2 is 1.88 bits per heavy atom. The number of aromatic nitrogens is 1. The van der Waals surface area contributed by atoms with Crippen LogP contribution in [0.5, 0.6) is 0 Å². The van der Waals surface area contributed by atoms with E-state index in [0.717, 1.165) is 12.1 Å². The first-order chi connectivity index (χ1) is 7.18. The molecule has 0 amide bonds. The Labute approximate surface area is 97.3 Å². The molecule has 0 spiro atoms. The fraction of sp³-hybridized carbons (Fsp3) is 0.615. The van der Waals surface area contributed by atoms with Crippen LogP contribution >= 0.6 is 0 Å². The SMILES string of the molecule is CC(C)(C)CC(C)(C)Nc1ccnc(F)c1. The zero-order valence-electron chi connectivity index (χ0n) is 10.8. The van der Waals surface area contributed by atoms with Crippen molar-refractivity contribution in [3.8, 4) is 0 Å². The number of hydrogen-bond acceptors (Lipinski definition) is 2. The zero-order chi connectivity index (χ0) is 12.4. The van der Waals surface area contributed by atoms with Gasteiger partial charge in [-0.25, -0.2) is 4.98 Å². The standard InChI is InChI=1S/C13H21FN2/c1-12(2,3)9-13(4,5)16-10-6-7-15-11(14)8-10/h6-8H,9H2,1-5H3,(H,15,16). The van der Waals surface area contributed by atoms with Crippen LogP contribution in [0.3, 0.4) is 0 Å². The molecule has 1 aromatic rings. The number of nitrogens with one attached hydrogen (secondary N) is 1. The Balaban J connectivity index is 2.72. The molecule has 0 aliphatic carbocycles. The molecule has 16 heavy (non-hydrogen) atoms. The minimum atomic E-state index is -0.448. The Bertz CT molecular complexity index is 353. The molecular formula is C13H21FN2. The van der Waals surface area contributed by atoms with E-state index in [4.69, 9.17) is 0 Å². The second-order valence-corrected chi connectivity index (χ2v) is 6.11. The molecule has 1 N–H and O–H groups in total. The van der Waals surface area contributed by atoms with Gasteiger partial charge in [0.25, 0.3) is 0 Å². The molecule has 0 unspecified atom stereocenters. The predicted molar refractivity (Wildman–Crippen MR) is 66.0 cm³/mol. The Hall–Kier alpha value is -1.12. The summed E-state index contributed by atoms with van der Waals surface area (Å²) in [6, 6.07) is 3.21. The number of halogens is 1. The van der Waals surface area contributed by atoms with Crippen LogP contribution in [0.2, 0.25) is 0 Å². The summed E-state index contributed by atoms with van der Waals surface area (Å²) in [7, 11) is 0. The van der Waals surface area contributed by atoms with Crippen LogP contribution in [-0.2, 0) is 0 Å². The summed E-state index contributed by atoms with van der Waals surface area (Å²) < 4.78 is 12.9.